The Labute approximate surface area is 88.8 Å². The maximum atomic E-state index is 6.19. The molecule has 14 heavy (non-hydrogen) atoms. The van der Waals surface area contributed by atoms with Crippen LogP contribution in [0.4, 0.5) is 0 Å². The molecule has 0 aromatic heterocycles. The molecule has 0 aromatic carbocycles. The Morgan fingerprint density at radius 1 is 1.21 bits per heavy atom. The van der Waals surface area contributed by atoms with Crippen LogP contribution in [0.5, 0.6) is 0 Å². The van der Waals surface area contributed by atoms with Crippen molar-refractivity contribution < 1.29 is 0 Å². The van der Waals surface area contributed by atoms with Gasteiger partial charge in [-0.1, -0.05) is 20.3 Å². The SMILES string of the molecule is CN(CC(C)(C)C(C)(C)N)C1CCC1. The van der Waals surface area contributed by atoms with E-state index in [4.69, 9.17) is 5.73 Å². The zero-order valence-electron chi connectivity index (χ0n) is 10.4. The molecule has 0 saturated heterocycles. The second kappa shape index (κ2) is 3.82. The highest BCUT2D eigenvalue weighted by atomic mass is 15.1. The molecule has 84 valence electrons. The van der Waals surface area contributed by atoms with Gasteiger partial charge >= 0.3 is 0 Å². The molecule has 0 heterocycles. The molecular weight excluding hydrogens is 172 g/mol. The van der Waals surface area contributed by atoms with Gasteiger partial charge in [0.1, 0.15) is 0 Å². The van der Waals surface area contributed by atoms with E-state index in [1.807, 2.05) is 0 Å². The standard InChI is InChI=1S/C12H26N2/c1-11(2,12(3,4)13)9-14(5)10-7-6-8-10/h10H,6-9,13H2,1-5H3. The van der Waals surface area contributed by atoms with Gasteiger partial charge in [0.2, 0.25) is 0 Å². The third-order valence-electron chi connectivity index (χ3n) is 4.09. The van der Waals surface area contributed by atoms with Crippen LogP contribution >= 0.6 is 0 Å². The quantitative estimate of drug-likeness (QED) is 0.750. The fraction of sp³-hybridized carbons (Fsp3) is 1.00. The number of rotatable bonds is 4. The number of nitrogens with two attached hydrogens (primary N) is 1. The summed E-state index contributed by atoms with van der Waals surface area (Å²) in [5.41, 5.74) is 6.27. The molecule has 1 aliphatic rings. The Kier molecular flexibility index (Phi) is 3.27. The van der Waals surface area contributed by atoms with E-state index in [1.165, 1.54) is 19.3 Å². The summed E-state index contributed by atoms with van der Waals surface area (Å²) in [5.74, 6) is 0. The van der Waals surface area contributed by atoms with Crippen molar-refractivity contribution >= 4 is 0 Å². The van der Waals surface area contributed by atoms with Crippen molar-refractivity contribution in [2.45, 2.75) is 58.5 Å². The van der Waals surface area contributed by atoms with Gasteiger partial charge in [-0.3, -0.25) is 0 Å². The first-order valence-electron chi connectivity index (χ1n) is 5.73. The molecule has 2 nitrogen and oxygen atoms in total. The topological polar surface area (TPSA) is 29.3 Å². The van der Waals surface area contributed by atoms with Gasteiger partial charge in [0.05, 0.1) is 0 Å². The third kappa shape index (κ3) is 2.48. The molecule has 1 rings (SSSR count). The van der Waals surface area contributed by atoms with E-state index in [-0.39, 0.29) is 11.0 Å². The number of nitrogens with zero attached hydrogens (tertiary/aromatic N) is 1. The second-order valence-electron chi connectivity index (χ2n) is 6.11. The van der Waals surface area contributed by atoms with Crippen LogP contribution in [0.2, 0.25) is 0 Å². The normalized spacial score (nSPS) is 19.9. The van der Waals surface area contributed by atoms with Crippen molar-refractivity contribution in [3.63, 3.8) is 0 Å². The van der Waals surface area contributed by atoms with Gasteiger partial charge in [-0.2, -0.15) is 0 Å². The highest BCUT2D eigenvalue weighted by Crippen LogP contribution is 2.32. The summed E-state index contributed by atoms with van der Waals surface area (Å²) < 4.78 is 0. The first-order valence-corrected chi connectivity index (χ1v) is 5.73. The van der Waals surface area contributed by atoms with Crippen molar-refractivity contribution in [2.24, 2.45) is 11.1 Å². The zero-order valence-corrected chi connectivity index (χ0v) is 10.4. The Balaban J connectivity index is 2.49. The lowest BCUT2D eigenvalue weighted by Gasteiger charge is -2.45. The highest BCUT2D eigenvalue weighted by molar-refractivity contribution is 4.93. The minimum Gasteiger partial charge on any atom is -0.325 e. The Hall–Kier alpha value is -0.0800. The molecule has 0 unspecified atom stereocenters. The smallest absolute Gasteiger partial charge is 0.0161 e. The van der Waals surface area contributed by atoms with E-state index >= 15 is 0 Å². The Morgan fingerprint density at radius 2 is 1.71 bits per heavy atom. The van der Waals surface area contributed by atoms with Gasteiger partial charge in [-0.15, -0.1) is 0 Å². The molecule has 0 spiro atoms. The van der Waals surface area contributed by atoms with Crippen LogP contribution in [-0.2, 0) is 0 Å². The summed E-state index contributed by atoms with van der Waals surface area (Å²) in [7, 11) is 2.23. The minimum atomic E-state index is -0.106. The van der Waals surface area contributed by atoms with Gasteiger partial charge in [-0.25, -0.2) is 0 Å². The molecular formula is C12H26N2. The summed E-state index contributed by atoms with van der Waals surface area (Å²) in [6.07, 6.45) is 4.15. The van der Waals surface area contributed by atoms with E-state index in [1.54, 1.807) is 0 Å². The second-order valence-corrected chi connectivity index (χ2v) is 6.11. The Morgan fingerprint density at radius 3 is 2.00 bits per heavy atom. The van der Waals surface area contributed by atoms with E-state index in [2.05, 4.69) is 39.6 Å². The van der Waals surface area contributed by atoms with Crippen LogP contribution in [0.3, 0.4) is 0 Å². The maximum Gasteiger partial charge on any atom is 0.0161 e. The first kappa shape index (κ1) is 12.0. The molecule has 2 heteroatoms. The highest BCUT2D eigenvalue weighted by Gasteiger charge is 2.36. The summed E-state index contributed by atoms with van der Waals surface area (Å²) in [4.78, 5) is 2.48. The molecule has 0 radical (unpaired) electrons. The lowest BCUT2D eigenvalue weighted by Crippen LogP contribution is -2.54. The van der Waals surface area contributed by atoms with E-state index < -0.39 is 0 Å². The van der Waals surface area contributed by atoms with Crippen molar-refractivity contribution in [1.82, 2.24) is 4.90 Å². The minimum absolute atomic E-state index is 0.106. The fourth-order valence-electron chi connectivity index (χ4n) is 1.78. The van der Waals surface area contributed by atoms with Crippen LogP contribution in [0.25, 0.3) is 0 Å². The number of hydrogen-bond donors (Lipinski definition) is 1. The summed E-state index contributed by atoms with van der Waals surface area (Å²) in [6, 6.07) is 0.816. The average Bonchev–Trinajstić information content (AvgIpc) is 1.76. The van der Waals surface area contributed by atoms with Gasteiger partial charge in [0.25, 0.3) is 0 Å². The predicted octanol–water partition coefficient (Wildman–Crippen LogP) is 2.23. The third-order valence-corrected chi connectivity index (χ3v) is 4.09. The molecule has 1 saturated carbocycles. The molecule has 1 aliphatic carbocycles. The lowest BCUT2D eigenvalue weighted by atomic mass is 9.74. The molecule has 0 aliphatic heterocycles. The van der Waals surface area contributed by atoms with Crippen LogP contribution < -0.4 is 5.73 Å². The van der Waals surface area contributed by atoms with Gasteiger partial charge in [0, 0.05) is 18.1 Å². The summed E-state index contributed by atoms with van der Waals surface area (Å²) >= 11 is 0. The van der Waals surface area contributed by atoms with E-state index in [0.717, 1.165) is 12.6 Å². The molecule has 0 bridgehead atoms. The Bertz CT molecular complexity index is 187. The van der Waals surface area contributed by atoms with Gasteiger partial charge in [0.15, 0.2) is 0 Å². The van der Waals surface area contributed by atoms with Crippen molar-refractivity contribution in [1.29, 1.82) is 0 Å². The van der Waals surface area contributed by atoms with Crippen molar-refractivity contribution in [3.05, 3.63) is 0 Å². The van der Waals surface area contributed by atoms with Gasteiger partial charge < -0.3 is 10.6 Å². The van der Waals surface area contributed by atoms with Crippen LogP contribution in [0.15, 0.2) is 0 Å². The maximum absolute atomic E-state index is 6.19. The molecule has 0 amide bonds. The lowest BCUT2D eigenvalue weighted by molar-refractivity contribution is 0.0730. The zero-order chi connectivity index (χ0) is 11.0. The fourth-order valence-corrected chi connectivity index (χ4v) is 1.78. The van der Waals surface area contributed by atoms with Crippen LogP contribution in [0.1, 0.15) is 47.0 Å². The largest absolute Gasteiger partial charge is 0.325 e. The predicted molar refractivity (Wildman–Crippen MR) is 62.3 cm³/mol. The van der Waals surface area contributed by atoms with E-state index in [9.17, 15) is 0 Å². The molecule has 0 aromatic rings. The van der Waals surface area contributed by atoms with Crippen molar-refractivity contribution in [3.8, 4) is 0 Å². The van der Waals surface area contributed by atoms with Crippen LogP contribution in [-0.4, -0.2) is 30.1 Å². The van der Waals surface area contributed by atoms with Crippen molar-refractivity contribution in [2.75, 3.05) is 13.6 Å². The number of hydrogen-bond acceptors (Lipinski definition) is 2. The van der Waals surface area contributed by atoms with E-state index in [0.29, 0.717) is 0 Å². The molecule has 1 fully saturated rings. The molecule has 2 N–H and O–H groups in total. The molecule has 0 atom stereocenters. The summed E-state index contributed by atoms with van der Waals surface area (Å²) in [6.45, 7) is 9.88. The monoisotopic (exact) mass is 198 g/mol. The first-order chi connectivity index (χ1) is 6.24. The van der Waals surface area contributed by atoms with Gasteiger partial charge in [-0.05, 0) is 39.2 Å². The van der Waals surface area contributed by atoms with Crippen LogP contribution in [0, 0.1) is 5.41 Å². The average molecular weight is 198 g/mol. The summed E-state index contributed by atoms with van der Waals surface area (Å²) in [5, 5.41) is 0.